The summed E-state index contributed by atoms with van der Waals surface area (Å²) < 4.78 is 0. The zero-order valence-electron chi connectivity index (χ0n) is 7.14. The molecule has 0 aromatic carbocycles. The summed E-state index contributed by atoms with van der Waals surface area (Å²) in [4.78, 5) is 0. The Balaban J connectivity index is -0.0000000910. The molecule has 5 N–H and O–H groups in total. The smallest absolute Gasteiger partial charge is 0.0430 e. The molecule has 0 aliphatic rings. The van der Waals surface area contributed by atoms with E-state index in [0.717, 1.165) is 19.3 Å². The monoisotopic (exact) mass is 151 g/mol. The Morgan fingerprint density at radius 1 is 0.900 bits per heavy atom. The number of hydrogen-bond donors (Lipinski definition) is 3. The van der Waals surface area contributed by atoms with Crippen molar-refractivity contribution in [3.8, 4) is 0 Å². The maximum Gasteiger partial charge on any atom is 0.0430 e. The number of aliphatic hydroxyl groups excluding tert-OH is 2. The van der Waals surface area contributed by atoms with Crippen molar-refractivity contribution in [3.05, 3.63) is 0 Å². The molecule has 0 saturated heterocycles. The van der Waals surface area contributed by atoms with Gasteiger partial charge in [-0.05, 0) is 12.8 Å². The molecule has 0 spiro atoms. The standard InChI is InChI=1S/C4H10O.C3H8O.H3N/c1-2-3-4-5;1-2-3-4;/h5H,2-4H2,1H3;4H,2-3H2,1H3;1H3. The first-order valence-electron chi connectivity index (χ1n) is 3.55. The van der Waals surface area contributed by atoms with Gasteiger partial charge < -0.3 is 16.4 Å². The average molecular weight is 151 g/mol. The molecule has 0 unspecified atom stereocenters. The predicted octanol–water partition coefficient (Wildman–Crippen LogP) is 1.33. The van der Waals surface area contributed by atoms with Gasteiger partial charge in [0.15, 0.2) is 0 Å². The largest absolute Gasteiger partial charge is 0.396 e. The lowest BCUT2D eigenvalue weighted by Gasteiger charge is -1.79. The van der Waals surface area contributed by atoms with Crippen LogP contribution < -0.4 is 6.15 Å². The molecular weight excluding hydrogens is 130 g/mol. The van der Waals surface area contributed by atoms with Crippen LogP contribution in [0.2, 0.25) is 0 Å². The van der Waals surface area contributed by atoms with Gasteiger partial charge in [0.05, 0.1) is 0 Å². The van der Waals surface area contributed by atoms with E-state index in [4.69, 9.17) is 10.2 Å². The van der Waals surface area contributed by atoms with E-state index in [-0.39, 0.29) is 6.15 Å². The van der Waals surface area contributed by atoms with Gasteiger partial charge in [0.1, 0.15) is 0 Å². The summed E-state index contributed by atoms with van der Waals surface area (Å²) in [6.45, 7) is 4.65. The van der Waals surface area contributed by atoms with Gasteiger partial charge in [-0.25, -0.2) is 0 Å². The Kier molecular flexibility index (Phi) is 38.1. The highest BCUT2D eigenvalue weighted by Crippen LogP contribution is 1.78. The summed E-state index contributed by atoms with van der Waals surface area (Å²) in [6.07, 6.45) is 2.91. The second-order valence-corrected chi connectivity index (χ2v) is 1.80. The fourth-order valence-electron chi connectivity index (χ4n) is 0.158. The minimum Gasteiger partial charge on any atom is -0.396 e. The molecule has 66 valence electrons. The second-order valence-electron chi connectivity index (χ2n) is 1.80. The number of rotatable bonds is 3. The molecule has 0 heterocycles. The molecule has 0 aliphatic carbocycles. The van der Waals surface area contributed by atoms with Crippen molar-refractivity contribution in [1.82, 2.24) is 6.15 Å². The van der Waals surface area contributed by atoms with Gasteiger partial charge in [-0.3, -0.25) is 0 Å². The highest BCUT2D eigenvalue weighted by atomic mass is 16.3. The minimum atomic E-state index is 0. The molecule has 0 radical (unpaired) electrons. The van der Waals surface area contributed by atoms with Crippen LogP contribution in [-0.2, 0) is 0 Å². The molecule has 3 nitrogen and oxygen atoms in total. The van der Waals surface area contributed by atoms with Crippen LogP contribution in [0.15, 0.2) is 0 Å². The van der Waals surface area contributed by atoms with Gasteiger partial charge in [0.2, 0.25) is 0 Å². The zero-order chi connectivity index (χ0) is 7.54. The van der Waals surface area contributed by atoms with Crippen LogP contribution in [0, 0.1) is 0 Å². The summed E-state index contributed by atoms with van der Waals surface area (Å²) >= 11 is 0. The van der Waals surface area contributed by atoms with E-state index in [1.165, 1.54) is 0 Å². The molecule has 0 saturated carbocycles. The second kappa shape index (κ2) is 23.2. The SMILES string of the molecule is CCCCO.CCCO.N. The van der Waals surface area contributed by atoms with Crippen LogP contribution in [0.5, 0.6) is 0 Å². The van der Waals surface area contributed by atoms with Crippen molar-refractivity contribution in [2.45, 2.75) is 33.1 Å². The highest BCUT2D eigenvalue weighted by molar-refractivity contribution is 4.23. The van der Waals surface area contributed by atoms with Crippen LogP contribution in [0.25, 0.3) is 0 Å². The third kappa shape index (κ3) is 45.0. The molecule has 0 aromatic heterocycles. The quantitative estimate of drug-likeness (QED) is 0.569. The van der Waals surface area contributed by atoms with Gasteiger partial charge in [-0.15, -0.1) is 0 Å². The first-order valence-corrected chi connectivity index (χ1v) is 3.55. The Morgan fingerprint density at radius 2 is 1.30 bits per heavy atom. The molecule has 0 aromatic rings. The Morgan fingerprint density at radius 3 is 1.30 bits per heavy atom. The van der Waals surface area contributed by atoms with Crippen molar-refractivity contribution >= 4 is 0 Å². The van der Waals surface area contributed by atoms with Crippen molar-refractivity contribution in [1.29, 1.82) is 0 Å². The van der Waals surface area contributed by atoms with E-state index in [0.29, 0.717) is 13.2 Å². The van der Waals surface area contributed by atoms with Crippen LogP contribution in [0.3, 0.4) is 0 Å². The summed E-state index contributed by atoms with van der Waals surface area (Å²) in [5.41, 5.74) is 0. The lowest BCUT2D eigenvalue weighted by Crippen LogP contribution is -1.75. The van der Waals surface area contributed by atoms with Gasteiger partial charge in [0, 0.05) is 13.2 Å². The lowest BCUT2D eigenvalue weighted by atomic mass is 10.4. The Hall–Kier alpha value is -0.120. The zero-order valence-corrected chi connectivity index (χ0v) is 7.14. The number of unbranched alkanes of at least 4 members (excludes halogenated alkanes) is 1. The predicted molar refractivity (Wildman–Crippen MR) is 44.4 cm³/mol. The molecular formula is C7H21NO2. The van der Waals surface area contributed by atoms with Crippen LogP contribution in [0.1, 0.15) is 33.1 Å². The molecule has 0 amide bonds. The third-order valence-electron chi connectivity index (χ3n) is 0.735. The van der Waals surface area contributed by atoms with E-state index in [9.17, 15) is 0 Å². The van der Waals surface area contributed by atoms with E-state index in [1.807, 2.05) is 6.92 Å². The third-order valence-corrected chi connectivity index (χ3v) is 0.735. The van der Waals surface area contributed by atoms with Gasteiger partial charge in [-0.2, -0.15) is 0 Å². The summed E-state index contributed by atoms with van der Waals surface area (Å²) in [5, 5.41) is 15.9. The molecule has 0 rings (SSSR count). The molecule has 3 heteroatoms. The Bertz CT molecular complexity index is 30.8. The van der Waals surface area contributed by atoms with E-state index >= 15 is 0 Å². The van der Waals surface area contributed by atoms with Crippen LogP contribution in [0.4, 0.5) is 0 Å². The molecule has 0 fully saturated rings. The van der Waals surface area contributed by atoms with E-state index < -0.39 is 0 Å². The van der Waals surface area contributed by atoms with Crippen LogP contribution in [-0.4, -0.2) is 23.4 Å². The normalized spacial score (nSPS) is 7.20. The molecule has 0 atom stereocenters. The van der Waals surface area contributed by atoms with E-state index in [2.05, 4.69) is 6.92 Å². The van der Waals surface area contributed by atoms with Crippen molar-refractivity contribution in [3.63, 3.8) is 0 Å². The fourth-order valence-corrected chi connectivity index (χ4v) is 0.158. The topological polar surface area (TPSA) is 75.5 Å². The average Bonchev–Trinajstić information content (AvgIpc) is 1.91. The first kappa shape index (κ1) is 16.5. The van der Waals surface area contributed by atoms with Crippen molar-refractivity contribution in [2.75, 3.05) is 13.2 Å². The fraction of sp³-hybridized carbons (Fsp3) is 1.00. The maximum atomic E-state index is 8.07. The summed E-state index contributed by atoms with van der Waals surface area (Å²) in [7, 11) is 0. The first-order chi connectivity index (χ1) is 4.33. The molecule has 0 aliphatic heterocycles. The molecule has 10 heavy (non-hydrogen) atoms. The van der Waals surface area contributed by atoms with Crippen molar-refractivity contribution < 1.29 is 10.2 Å². The number of aliphatic hydroxyl groups is 2. The van der Waals surface area contributed by atoms with Gasteiger partial charge in [0.25, 0.3) is 0 Å². The van der Waals surface area contributed by atoms with Crippen molar-refractivity contribution in [2.24, 2.45) is 0 Å². The van der Waals surface area contributed by atoms with Gasteiger partial charge in [-0.1, -0.05) is 20.3 Å². The highest BCUT2D eigenvalue weighted by Gasteiger charge is 1.69. The minimum absolute atomic E-state index is 0. The summed E-state index contributed by atoms with van der Waals surface area (Å²) in [5.74, 6) is 0. The van der Waals surface area contributed by atoms with E-state index in [1.54, 1.807) is 0 Å². The van der Waals surface area contributed by atoms with Gasteiger partial charge >= 0.3 is 0 Å². The molecule has 0 bridgehead atoms. The lowest BCUT2D eigenvalue weighted by molar-refractivity contribution is 0.287. The number of hydrogen-bond acceptors (Lipinski definition) is 3. The maximum absolute atomic E-state index is 8.07. The Labute approximate surface area is 63.7 Å². The van der Waals surface area contributed by atoms with Crippen LogP contribution >= 0.6 is 0 Å². The summed E-state index contributed by atoms with van der Waals surface area (Å²) in [6, 6.07) is 0.